The molecule has 2 amide bonds. The summed E-state index contributed by atoms with van der Waals surface area (Å²) in [4.78, 5) is 32.8. The molecular formula is C20H25N3O3. The van der Waals surface area contributed by atoms with Crippen molar-refractivity contribution in [2.75, 3.05) is 32.8 Å². The van der Waals surface area contributed by atoms with E-state index in [0.717, 1.165) is 42.5 Å². The summed E-state index contributed by atoms with van der Waals surface area (Å²) < 4.78 is 5.72. The molecule has 2 aromatic rings. The number of fused-ring (bicyclic) bond motifs is 1. The SMILES string of the molecule is Cc1[nH]c2ccccc2c1C(=O)N1CCO[C@@H](C(=O)N2CCCCC2)C1. The van der Waals surface area contributed by atoms with Crippen LogP contribution in [0.1, 0.15) is 35.3 Å². The van der Waals surface area contributed by atoms with Gasteiger partial charge < -0.3 is 19.5 Å². The molecule has 2 fully saturated rings. The van der Waals surface area contributed by atoms with E-state index in [1.165, 1.54) is 6.42 Å². The molecule has 1 aromatic carbocycles. The van der Waals surface area contributed by atoms with Crippen molar-refractivity contribution < 1.29 is 14.3 Å². The molecule has 0 unspecified atom stereocenters. The number of carbonyl (C=O) groups excluding carboxylic acids is 2. The predicted molar refractivity (Wildman–Crippen MR) is 99.1 cm³/mol. The summed E-state index contributed by atoms with van der Waals surface area (Å²) in [7, 11) is 0. The second kappa shape index (κ2) is 7.11. The minimum absolute atomic E-state index is 0.0258. The van der Waals surface area contributed by atoms with Gasteiger partial charge in [0.15, 0.2) is 6.10 Å². The van der Waals surface area contributed by atoms with E-state index in [-0.39, 0.29) is 11.8 Å². The molecule has 138 valence electrons. The smallest absolute Gasteiger partial charge is 0.256 e. The molecule has 2 aliphatic heterocycles. The number of rotatable bonds is 2. The normalized spacial score (nSPS) is 21.2. The average Bonchev–Trinajstić information content (AvgIpc) is 3.03. The zero-order valence-corrected chi connectivity index (χ0v) is 15.2. The van der Waals surface area contributed by atoms with Crippen molar-refractivity contribution in [1.29, 1.82) is 0 Å². The first-order chi connectivity index (χ1) is 12.6. The summed E-state index contributed by atoms with van der Waals surface area (Å²) in [5, 5.41) is 0.931. The van der Waals surface area contributed by atoms with Crippen LogP contribution in [0, 0.1) is 6.92 Å². The molecule has 0 saturated carbocycles. The van der Waals surface area contributed by atoms with Gasteiger partial charge in [0.1, 0.15) is 0 Å². The molecule has 2 saturated heterocycles. The van der Waals surface area contributed by atoms with Crippen molar-refractivity contribution >= 4 is 22.7 Å². The maximum absolute atomic E-state index is 13.2. The van der Waals surface area contributed by atoms with Crippen LogP contribution >= 0.6 is 0 Å². The predicted octanol–water partition coefficient (Wildman–Crippen LogP) is 2.33. The number of para-hydroxylation sites is 1. The van der Waals surface area contributed by atoms with Crippen LogP contribution in [0.5, 0.6) is 0 Å². The van der Waals surface area contributed by atoms with Crippen LogP contribution in [0.4, 0.5) is 0 Å². The molecule has 0 spiro atoms. The number of piperidine rings is 1. The number of hydrogen-bond donors (Lipinski definition) is 1. The number of hydrogen-bond acceptors (Lipinski definition) is 3. The van der Waals surface area contributed by atoms with Gasteiger partial charge in [-0.25, -0.2) is 0 Å². The van der Waals surface area contributed by atoms with Gasteiger partial charge >= 0.3 is 0 Å². The number of nitrogens with zero attached hydrogens (tertiary/aromatic N) is 2. The van der Waals surface area contributed by atoms with Crippen LogP contribution in [-0.4, -0.2) is 65.5 Å². The van der Waals surface area contributed by atoms with E-state index in [9.17, 15) is 9.59 Å². The first-order valence-corrected chi connectivity index (χ1v) is 9.42. The number of nitrogens with one attached hydrogen (secondary N) is 1. The van der Waals surface area contributed by atoms with Gasteiger partial charge in [-0.1, -0.05) is 18.2 Å². The van der Waals surface area contributed by atoms with E-state index in [1.807, 2.05) is 36.1 Å². The highest BCUT2D eigenvalue weighted by atomic mass is 16.5. The quantitative estimate of drug-likeness (QED) is 0.899. The van der Waals surface area contributed by atoms with E-state index < -0.39 is 6.10 Å². The lowest BCUT2D eigenvalue weighted by atomic mass is 10.1. The van der Waals surface area contributed by atoms with E-state index >= 15 is 0 Å². The third-order valence-corrected chi connectivity index (χ3v) is 5.40. The number of carbonyl (C=O) groups is 2. The lowest BCUT2D eigenvalue weighted by Crippen LogP contribution is -2.53. The summed E-state index contributed by atoms with van der Waals surface area (Å²) in [6.45, 7) is 4.76. The maximum atomic E-state index is 13.2. The number of H-pyrrole nitrogens is 1. The Labute approximate surface area is 153 Å². The van der Waals surface area contributed by atoms with Crippen LogP contribution in [0.2, 0.25) is 0 Å². The zero-order chi connectivity index (χ0) is 18.1. The van der Waals surface area contributed by atoms with E-state index in [4.69, 9.17) is 4.74 Å². The van der Waals surface area contributed by atoms with Gasteiger partial charge in [-0.2, -0.15) is 0 Å². The Kier molecular flexibility index (Phi) is 4.68. The summed E-state index contributed by atoms with van der Waals surface area (Å²) >= 11 is 0. The van der Waals surface area contributed by atoms with Gasteiger partial charge in [0.25, 0.3) is 11.8 Å². The fraction of sp³-hybridized carbons (Fsp3) is 0.500. The highest BCUT2D eigenvalue weighted by Gasteiger charge is 2.34. The Morgan fingerprint density at radius 1 is 1.08 bits per heavy atom. The second-order valence-electron chi connectivity index (χ2n) is 7.17. The first kappa shape index (κ1) is 17.1. The van der Waals surface area contributed by atoms with Gasteiger partial charge in [-0.15, -0.1) is 0 Å². The van der Waals surface area contributed by atoms with Crippen LogP contribution in [0.15, 0.2) is 24.3 Å². The Hall–Kier alpha value is -2.34. The molecule has 0 radical (unpaired) electrons. The highest BCUT2D eigenvalue weighted by Crippen LogP contribution is 2.24. The molecular weight excluding hydrogens is 330 g/mol. The van der Waals surface area contributed by atoms with Crippen molar-refractivity contribution in [3.05, 3.63) is 35.5 Å². The maximum Gasteiger partial charge on any atom is 0.256 e. The molecule has 0 bridgehead atoms. The topological polar surface area (TPSA) is 65.6 Å². The van der Waals surface area contributed by atoms with Gasteiger partial charge in [-0.3, -0.25) is 9.59 Å². The number of aromatic nitrogens is 1. The summed E-state index contributed by atoms with van der Waals surface area (Å²) in [6, 6.07) is 7.83. The van der Waals surface area contributed by atoms with Crippen LogP contribution < -0.4 is 0 Å². The molecule has 6 heteroatoms. The minimum atomic E-state index is -0.545. The number of aryl methyl sites for hydroxylation is 1. The molecule has 2 aliphatic rings. The van der Waals surface area contributed by atoms with Crippen molar-refractivity contribution in [2.24, 2.45) is 0 Å². The first-order valence-electron chi connectivity index (χ1n) is 9.42. The van der Waals surface area contributed by atoms with E-state index in [0.29, 0.717) is 25.3 Å². The lowest BCUT2D eigenvalue weighted by Gasteiger charge is -2.36. The fourth-order valence-electron chi connectivity index (χ4n) is 4.01. The third-order valence-electron chi connectivity index (χ3n) is 5.40. The monoisotopic (exact) mass is 355 g/mol. The van der Waals surface area contributed by atoms with Crippen molar-refractivity contribution in [3.8, 4) is 0 Å². The van der Waals surface area contributed by atoms with Crippen molar-refractivity contribution in [1.82, 2.24) is 14.8 Å². The summed E-state index contributed by atoms with van der Waals surface area (Å²) in [5.41, 5.74) is 2.52. The molecule has 1 N–H and O–H groups in total. The molecule has 3 heterocycles. The summed E-state index contributed by atoms with van der Waals surface area (Å²) in [6.07, 6.45) is 2.74. The van der Waals surface area contributed by atoms with Crippen LogP contribution in [0.3, 0.4) is 0 Å². The number of morpholine rings is 1. The number of likely N-dealkylation sites (tertiary alicyclic amines) is 1. The number of ether oxygens (including phenoxy) is 1. The molecule has 1 atom stereocenters. The van der Waals surface area contributed by atoms with Gasteiger partial charge in [0.2, 0.25) is 0 Å². The fourth-order valence-corrected chi connectivity index (χ4v) is 4.01. The molecule has 26 heavy (non-hydrogen) atoms. The lowest BCUT2D eigenvalue weighted by molar-refractivity contribution is -0.149. The average molecular weight is 355 g/mol. The van der Waals surface area contributed by atoms with Gasteiger partial charge in [-0.05, 0) is 32.3 Å². The number of benzene rings is 1. The largest absolute Gasteiger partial charge is 0.365 e. The Morgan fingerprint density at radius 2 is 1.85 bits per heavy atom. The molecule has 6 nitrogen and oxygen atoms in total. The summed E-state index contributed by atoms with van der Waals surface area (Å²) in [5.74, 6) is -0.00228. The minimum Gasteiger partial charge on any atom is -0.365 e. The Bertz CT molecular complexity index is 823. The molecule has 0 aliphatic carbocycles. The van der Waals surface area contributed by atoms with E-state index in [1.54, 1.807) is 4.90 Å². The number of aromatic amines is 1. The molecule has 4 rings (SSSR count). The highest BCUT2D eigenvalue weighted by molar-refractivity contribution is 6.08. The van der Waals surface area contributed by atoms with Gasteiger partial charge in [0, 0.05) is 36.2 Å². The molecule has 1 aromatic heterocycles. The van der Waals surface area contributed by atoms with Crippen LogP contribution in [0.25, 0.3) is 10.9 Å². The standard InChI is InChI=1S/C20H25N3O3/c1-14-18(15-7-3-4-8-16(15)21-14)20(25)23-11-12-26-17(13-23)19(24)22-9-5-2-6-10-22/h3-4,7-8,17,21H,2,5-6,9-13H2,1H3/t17-/m1/s1. The van der Waals surface area contributed by atoms with Gasteiger partial charge in [0.05, 0.1) is 18.7 Å². The van der Waals surface area contributed by atoms with E-state index in [2.05, 4.69) is 4.98 Å². The van der Waals surface area contributed by atoms with Crippen molar-refractivity contribution in [2.45, 2.75) is 32.3 Å². The third kappa shape index (κ3) is 3.09. The Morgan fingerprint density at radius 3 is 2.65 bits per heavy atom. The van der Waals surface area contributed by atoms with Crippen LogP contribution in [-0.2, 0) is 9.53 Å². The number of amides is 2. The Balaban J connectivity index is 1.52. The van der Waals surface area contributed by atoms with Crippen molar-refractivity contribution in [3.63, 3.8) is 0 Å². The zero-order valence-electron chi connectivity index (χ0n) is 15.2. The second-order valence-corrected chi connectivity index (χ2v) is 7.17.